The summed E-state index contributed by atoms with van der Waals surface area (Å²) in [6.07, 6.45) is 6.44. The molecule has 0 heterocycles. The van der Waals surface area contributed by atoms with Gasteiger partial charge < -0.3 is 10.6 Å². The van der Waals surface area contributed by atoms with Gasteiger partial charge in [-0.2, -0.15) is 0 Å². The van der Waals surface area contributed by atoms with Crippen LogP contribution in [0, 0.1) is 23.6 Å². The van der Waals surface area contributed by atoms with Crippen LogP contribution in [0.3, 0.4) is 0 Å². The number of halogens is 1. The summed E-state index contributed by atoms with van der Waals surface area (Å²) in [5, 5.41) is 6.80. The number of rotatable bonds is 7. The third-order valence-electron chi connectivity index (χ3n) is 4.78. The number of hydrogen-bond donors (Lipinski definition) is 2. The molecule has 0 bridgehead atoms. The second-order valence-electron chi connectivity index (χ2n) is 6.60. The highest BCUT2D eigenvalue weighted by molar-refractivity contribution is 5.79. The summed E-state index contributed by atoms with van der Waals surface area (Å²) in [4.78, 5) is 4.29. The highest BCUT2D eigenvalue weighted by atomic mass is 19.1. The predicted molar refractivity (Wildman–Crippen MR) is 88.4 cm³/mol. The third-order valence-corrected chi connectivity index (χ3v) is 4.78. The Morgan fingerprint density at radius 3 is 2.55 bits per heavy atom. The zero-order chi connectivity index (χ0) is 15.4. The quantitative estimate of drug-likeness (QED) is 0.600. The van der Waals surface area contributed by atoms with Crippen molar-refractivity contribution in [1.82, 2.24) is 10.6 Å². The normalized spacial score (nSPS) is 18.6. The van der Waals surface area contributed by atoms with Gasteiger partial charge in [0.2, 0.25) is 0 Å². The van der Waals surface area contributed by atoms with Crippen LogP contribution in [0.2, 0.25) is 0 Å². The lowest BCUT2D eigenvalue weighted by Crippen LogP contribution is -2.41. The van der Waals surface area contributed by atoms with Crippen LogP contribution in [0.25, 0.3) is 0 Å². The average molecular weight is 303 g/mol. The van der Waals surface area contributed by atoms with Gasteiger partial charge in [-0.3, -0.25) is 4.99 Å². The van der Waals surface area contributed by atoms with Crippen molar-refractivity contribution in [2.24, 2.45) is 22.7 Å². The Bertz CT molecular complexity index is 509. The van der Waals surface area contributed by atoms with Crippen LogP contribution >= 0.6 is 0 Å². The van der Waals surface area contributed by atoms with Gasteiger partial charge in [-0.25, -0.2) is 4.39 Å². The Morgan fingerprint density at radius 1 is 1.23 bits per heavy atom. The van der Waals surface area contributed by atoms with Crippen LogP contribution in [0.5, 0.6) is 0 Å². The number of nitrogens with one attached hydrogen (secondary N) is 2. The van der Waals surface area contributed by atoms with Crippen LogP contribution in [0.1, 0.15) is 31.2 Å². The molecule has 2 aliphatic rings. The summed E-state index contributed by atoms with van der Waals surface area (Å²) in [6.45, 7) is 1.80. The summed E-state index contributed by atoms with van der Waals surface area (Å²) in [6, 6.07) is 6.78. The lowest BCUT2D eigenvalue weighted by Gasteiger charge is -2.18. The molecule has 0 radical (unpaired) electrons. The lowest BCUT2D eigenvalue weighted by molar-refractivity contribution is 0.400. The fourth-order valence-corrected chi connectivity index (χ4v) is 3.22. The van der Waals surface area contributed by atoms with Gasteiger partial charge in [0.1, 0.15) is 5.82 Å². The standard InChI is InChI=1S/C18H26FN3/c1-20-18(21-10-9-13-3-2-4-16(19)11-13)22-12-17(14-5-6-14)15-7-8-15/h2-4,11,14-15,17H,5-10,12H2,1H3,(H2,20,21,22). The Labute approximate surface area is 132 Å². The van der Waals surface area contributed by atoms with Crippen molar-refractivity contribution < 1.29 is 4.39 Å². The number of benzene rings is 1. The van der Waals surface area contributed by atoms with E-state index in [4.69, 9.17) is 0 Å². The van der Waals surface area contributed by atoms with Gasteiger partial charge >= 0.3 is 0 Å². The number of hydrogen-bond acceptors (Lipinski definition) is 1. The molecule has 3 nitrogen and oxygen atoms in total. The van der Waals surface area contributed by atoms with E-state index in [1.165, 1.54) is 31.7 Å². The van der Waals surface area contributed by atoms with Gasteiger partial charge in [0.25, 0.3) is 0 Å². The highest BCUT2D eigenvalue weighted by Crippen LogP contribution is 2.48. The monoisotopic (exact) mass is 303 g/mol. The van der Waals surface area contributed by atoms with Crippen LogP contribution in [-0.4, -0.2) is 26.1 Å². The molecular formula is C18H26FN3. The van der Waals surface area contributed by atoms with Crippen LogP contribution < -0.4 is 10.6 Å². The van der Waals surface area contributed by atoms with Crippen molar-refractivity contribution in [1.29, 1.82) is 0 Å². The average Bonchev–Trinajstić information content (AvgIpc) is 3.38. The first-order valence-corrected chi connectivity index (χ1v) is 8.45. The molecule has 2 saturated carbocycles. The van der Waals surface area contributed by atoms with E-state index >= 15 is 0 Å². The van der Waals surface area contributed by atoms with Gasteiger partial charge in [0, 0.05) is 20.1 Å². The molecule has 4 heteroatoms. The zero-order valence-corrected chi connectivity index (χ0v) is 13.3. The van der Waals surface area contributed by atoms with E-state index in [1.807, 2.05) is 6.07 Å². The Balaban J connectivity index is 1.40. The van der Waals surface area contributed by atoms with Crippen molar-refractivity contribution >= 4 is 5.96 Å². The summed E-state index contributed by atoms with van der Waals surface area (Å²) >= 11 is 0. The maximum Gasteiger partial charge on any atom is 0.190 e. The van der Waals surface area contributed by atoms with E-state index in [0.717, 1.165) is 48.8 Å². The Kier molecular flexibility index (Phi) is 4.96. The zero-order valence-electron chi connectivity index (χ0n) is 13.3. The third kappa shape index (κ3) is 4.46. The van der Waals surface area contributed by atoms with Crippen molar-refractivity contribution in [3.05, 3.63) is 35.6 Å². The summed E-state index contributed by atoms with van der Waals surface area (Å²) in [7, 11) is 1.81. The minimum atomic E-state index is -0.170. The molecule has 1 aromatic rings. The van der Waals surface area contributed by atoms with Crippen molar-refractivity contribution in [2.45, 2.75) is 32.1 Å². The van der Waals surface area contributed by atoms with E-state index in [-0.39, 0.29) is 5.82 Å². The topological polar surface area (TPSA) is 36.4 Å². The van der Waals surface area contributed by atoms with Crippen molar-refractivity contribution in [3.63, 3.8) is 0 Å². The first-order chi connectivity index (χ1) is 10.8. The summed E-state index contributed by atoms with van der Waals surface area (Å²) < 4.78 is 13.1. The molecule has 0 atom stereocenters. The lowest BCUT2D eigenvalue weighted by atomic mass is 9.98. The Hall–Kier alpha value is -1.58. The molecular weight excluding hydrogens is 277 g/mol. The molecule has 3 rings (SSSR count). The first kappa shape index (κ1) is 15.3. The molecule has 0 saturated heterocycles. The van der Waals surface area contributed by atoms with E-state index in [1.54, 1.807) is 19.2 Å². The van der Waals surface area contributed by atoms with Crippen molar-refractivity contribution in [2.75, 3.05) is 20.1 Å². The molecule has 0 unspecified atom stereocenters. The second-order valence-corrected chi connectivity index (χ2v) is 6.60. The summed E-state index contributed by atoms with van der Waals surface area (Å²) in [5.41, 5.74) is 1.01. The molecule has 0 aromatic heterocycles. The fraction of sp³-hybridized carbons (Fsp3) is 0.611. The molecule has 0 amide bonds. The number of nitrogens with zero attached hydrogens (tertiary/aromatic N) is 1. The van der Waals surface area contributed by atoms with Crippen LogP contribution in [0.4, 0.5) is 4.39 Å². The first-order valence-electron chi connectivity index (χ1n) is 8.45. The summed E-state index contributed by atoms with van der Waals surface area (Å²) in [5.74, 6) is 3.43. The van der Waals surface area contributed by atoms with Gasteiger partial charge in [-0.15, -0.1) is 0 Å². The second kappa shape index (κ2) is 7.12. The van der Waals surface area contributed by atoms with Crippen molar-refractivity contribution in [3.8, 4) is 0 Å². The Morgan fingerprint density at radius 2 is 1.95 bits per heavy atom. The number of aliphatic imine (C=N–C) groups is 1. The maximum absolute atomic E-state index is 13.1. The largest absolute Gasteiger partial charge is 0.356 e. The molecule has 2 N–H and O–H groups in total. The van der Waals surface area contributed by atoms with E-state index < -0.39 is 0 Å². The molecule has 0 aliphatic heterocycles. The van der Waals surface area contributed by atoms with Gasteiger partial charge in [0.15, 0.2) is 5.96 Å². The molecule has 120 valence electrons. The fourth-order valence-electron chi connectivity index (χ4n) is 3.22. The van der Waals surface area contributed by atoms with Crippen LogP contribution in [0.15, 0.2) is 29.3 Å². The highest BCUT2D eigenvalue weighted by Gasteiger charge is 2.41. The molecule has 2 aliphatic carbocycles. The molecule has 22 heavy (non-hydrogen) atoms. The number of guanidine groups is 1. The minimum absolute atomic E-state index is 0.170. The van der Waals surface area contributed by atoms with E-state index in [0.29, 0.717) is 0 Å². The molecule has 1 aromatic carbocycles. The van der Waals surface area contributed by atoms with E-state index in [9.17, 15) is 4.39 Å². The van der Waals surface area contributed by atoms with Gasteiger partial charge in [0.05, 0.1) is 0 Å². The minimum Gasteiger partial charge on any atom is -0.356 e. The predicted octanol–water partition coefficient (Wildman–Crippen LogP) is 2.97. The SMILES string of the molecule is CN=C(NCCc1cccc(F)c1)NCC(C1CC1)C1CC1. The van der Waals surface area contributed by atoms with Crippen LogP contribution in [-0.2, 0) is 6.42 Å². The molecule has 0 spiro atoms. The van der Waals surface area contributed by atoms with E-state index in [2.05, 4.69) is 15.6 Å². The van der Waals surface area contributed by atoms with Gasteiger partial charge in [-0.05, 0) is 67.6 Å². The maximum atomic E-state index is 13.1. The van der Waals surface area contributed by atoms with Gasteiger partial charge in [-0.1, -0.05) is 12.1 Å². The molecule has 2 fully saturated rings. The smallest absolute Gasteiger partial charge is 0.190 e.